The summed E-state index contributed by atoms with van der Waals surface area (Å²) in [7, 11) is 0. The number of oxime groups is 1. The highest BCUT2D eigenvalue weighted by molar-refractivity contribution is 9.10. The van der Waals surface area contributed by atoms with E-state index in [1.807, 2.05) is 6.92 Å². The second-order valence-electron chi connectivity index (χ2n) is 4.62. The van der Waals surface area contributed by atoms with Crippen molar-refractivity contribution in [2.24, 2.45) is 10.9 Å². The van der Waals surface area contributed by atoms with Crippen LogP contribution in [0.15, 0.2) is 34.0 Å². The van der Waals surface area contributed by atoms with E-state index in [2.05, 4.69) is 26.2 Å². The van der Waals surface area contributed by atoms with Gasteiger partial charge in [0.2, 0.25) is 0 Å². The molecule has 0 fully saturated rings. The molecule has 1 aromatic carbocycles. The fourth-order valence-electron chi connectivity index (χ4n) is 1.74. The van der Waals surface area contributed by atoms with E-state index >= 15 is 0 Å². The second-order valence-corrected chi connectivity index (χ2v) is 6.31. The van der Waals surface area contributed by atoms with Gasteiger partial charge in [-0.25, -0.2) is 4.79 Å². The van der Waals surface area contributed by atoms with Crippen LogP contribution in [0.4, 0.5) is 0 Å². The Labute approximate surface area is 151 Å². The van der Waals surface area contributed by atoms with Gasteiger partial charge in [-0.3, -0.25) is 4.68 Å². The van der Waals surface area contributed by atoms with E-state index < -0.39 is 5.97 Å². The van der Waals surface area contributed by atoms with E-state index in [0.29, 0.717) is 22.2 Å². The van der Waals surface area contributed by atoms with Crippen molar-refractivity contribution in [1.29, 1.82) is 0 Å². The summed E-state index contributed by atoms with van der Waals surface area (Å²) in [5.74, 6) is -0.526. The molecule has 23 heavy (non-hydrogen) atoms. The minimum atomic E-state index is -0.524. The smallest absolute Gasteiger partial charge is 0.336 e. The van der Waals surface area contributed by atoms with Crippen LogP contribution in [-0.2, 0) is 16.2 Å². The molecular weight excluding hydrogens is 407 g/mol. The van der Waals surface area contributed by atoms with Gasteiger partial charge in [-0.2, -0.15) is 5.10 Å². The normalized spacial score (nSPS) is 11.6. The predicted octanol–water partition coefficient (Wildman–Crippen LogP) is 3.51. The van der Waals surface area contributed by atoms with E-state index in [4.69, 9.17) is 33.8 Å². The van der Waals surface area contributed by atoms with Gasteiger partial charge in [0.05, 0.1) is 28.7 Å². The van der Waals surface area contributed by atoms with Gasteiger partial charge in [0.25, 0.3) is 0 Å². The number of hydrogen-bond acceptors (Lipinski definition) is 4. The van der Waals surface area contributed by atoms with Crippen molar-refractivity contribution in [2.45, 2.75) is 19.9 Å². The van der Waals surface area contributed by atoms with Crippen molar-refractivity contribution >= 4 is 50.9 Å². The zero-order valence-corrected chi connectivity index (χ0v) is 15.2. The largest absolute Gasteiger partial charge is 0.380 e. The Hall–Kier alpha value is -1.57. The molecule has 0 spiro atoms. The topological polar surface area (TPSA) is 82.5 Å². The molecule has 0 saturated heterocycles. The molecule has 0 aliphatic heterocycles. The molecule has 0 bridgehead atoms. The van der Waals surface area contributed by atoms with Crippen LogP contribution in [0.1, 0.15) is 17.7 Å². The van der Waals surface area contributed by atoms with Gasteiger partial charge in [0.15, 0.2) is 5.84 Å². The molecule has 0 radical (unpaired) electrons. The van der Waals surface area contributed by atoms with Crippen molar-refractivity contribution in [2.75, 3.05) is 0 Å². The first-order chi connectivity index (χ1) is 10.9. The highest BCUT2D eigenvalue weighted by Crippen LogP contribution is 2.20. The van der Waals surface area contributed by atoms with Crippen LogP contribution < -0.4 is 5.73 Å². The number of rotatable bonds is 5. The third kappa shape index (κ3) is 4.70. The van der Waals surface area contributed by atoms with Crippen molar-refractivity contribution in [3.05, 3.63) is 50.2 Å². The van der Waals surface area contributed by atoms with Gasteiger partial charge < -0.3 is 10.6 Å². The van der Waals surface area contributed by atoms with E-state index in [9.17, 15) is 4.79 Å². The Bertz CT molecular complexity index is 761. The molecule has 1 aromatic heterocycles. The number of carbonyl (C=O) groups is 1. The number of nitrogens with two attached hydrogens (primary N) is 1. The van der Waals surface area contributed by atoms with Gasteiger partial charge >= 0.3 is 5.97 Å². The summed E-state index contributed by atoms with van der Waals surface area (Å²) >= 11 is 15.2. The molecule has 0 aliphatic carbocycles. The van der Waals surface area contributed by atoms with Gasteiger partial charge in [0, 0.05) is 16.3 Å². The number of hydrogen-bond donors (Lipinski definition) is 1. The molecule has 2 aromatic rings. The molecule has 1 heterocycles. The molecular formula is C14H13BrCl2N4O2. The number of benzene rings is 1. The van der Waals surface area contributed by atoms with Crippen molar-refractivity contribution in [1.82, 2.24) is 9.78 Å². The van der Waals surface area contributed by atoms with E-state index in [-0.39, 0.29) is 12.3 Å². The SMILES string of the molecule is Cc1c(Br)cnn1CCC(=O)O/N=C(\N)c1ccc(Cl)cc1Cl. The third-order valence-corrected chi connectivity index (χ3v) is 4.35. The standard InChI is InChI=1S/C14H13BrCl2N4O2/c1-8-11(15)7-19-21(8)5-4-13(22)23-20-14(18)10-3-2-9(16)6-12(10)17/h2-3,6-7H,4-5H2,1H3,(H2,18,20). The van der Waals surface area contributed by atoms with Crippen molar-refractivity contribution in [3.63, 3.8) is 0 Å². The summed E-state index contributed by atoms with van der Waals surface area (Å²) in [5.41, 5.74) is 7.12. The average molecular weight is 420 g/mol. The molecule has 0 amide bonds. The van der Waals surface area contributed by atoms with Crippen LogP contribution in [0, 0.1) is 6.92 Å². The first kappa shape index (κ1) is 17.8. The van der Waals surface area contributed by atoms with E-state index in [0.717, 1.165) is 10.2 Å². The molecule has 9 heteroatoms. The minimum Gasteiger partial charge on any atom is -0.380 e. The summed E-state index contributed by atoms with van der Waals surface area (Å²) < 4.78 is 2.57. The molecule has 0 unspecified atom stereocenters. The molecule has 0 atom stereocenters. The van der Waals surface area contributed by atoms with Crippen LogP contribution in [0.2, 0.25) is 10.0 Å². The predicted molar refractivity (Wildman–Crippen MR) is 92.6 cm³/mol. The maximum Gasteiger partial charge on any atom is 0.336 e. The number of amidine groups is 1. The van der Waals surface area contributed by atoms with Gasteiger partial charge in [-0.05, 0) is 41.1 Å². The lowest BCUT2D eigenvalue weighted by molar-refractivity contribution is -0.144. The van der Waals surface area contributed by atoms with Crippen LogP contribution >= 0.6 is 39.1 Å². The first-order valence-electron chi connectivity index (χ1n) is 6.55. The molecule has 0 saturated carbocycles. The maximum atomic E-state index is 11.7. The summed E-state index contributed by atoms with van der Waals surface area (Å²) in [6.07, 6.45) is 1.78. The van der Waals surface area contributed by atoms with E-state index in [1.165, 1.54) is 6.07 Å². The van der Waals surface area contributed by atoms with Crippen LogP contribution in [-0.4, -0.2) is 21.6 Å². The Kier molecular flexibility index (Phi) is 6.04. The minimum absolute atomic E-state index is 0.00182. The summed E-state index contributed by atoms with van der Waals surface area (Å²) in [6, 6.07) is 4.74. The van der Waals surface area contributed by atoms with Crippen LogP contribution in [0.25, 0.3) is 0 Å². The molecule has 6 nitrogen and oxygen atoms in total. The fraction of sp³-hybridized carbons (Fsp3) is 0.214. The highest BCUT2D eigenvalue weighted by atomic mass is 79.9. The second kappa shape index (κ2) is 7.81. The summed E-state index contributed by atoms with van der Waals surface area (Å²) in [6.45, 7) is 2.27. The zero-order valence-electron chi connectivity index (χ0n) is 12.1. The highest BCUT2D eigenvalue weighted by Gasteiger charge is 2.10. The molecule has 0 aliphatic rings. The van der Waals surface area contributed by atoms with Crippen molar-refractivity contribution in [3.8, 4) is 0 Å². The van der Waals surface area contributed by atoms with Crippen LogP contribution in [0.5, 0.6) is 0 Å². The number of aryl methyl sites for hydroxylation is 1. The summed E-state index contributed by atoms with van der Waals surface area (Å²) in [4.78, 5) is 16.5. The average Bonchev–Trinajstić information content (AvgIpc) is 2.82. The quantitative estimate of drug-likeness (QED) is 0.348. The van der Waals surface area contributed by atoms with Crippen molar-refractivity contribution < 1.29 is 9.63 Å². The molecule has 2 N–H and O–H groups in total. The lowest BCUT2D eigenvalue weighted by Gasteiger charge is -2.05. The maximum absolute atomic E-state index is 11.7. The number of halogens is 3. The molecule has 122 valence electrons. The Morgan fingerprint density at radius 3 is 2.83 bits per heavy atom. The summed E-state index contributed by atoms with van der Waals surface area (Å²) in [5, 5.41) is 8.53. The lowest BCUT2D eigenvalue weighted by atomic mass is 10.2. The number of aromatic nitrogens is 2. The molecule has 2 rings (SSSR count). The Morgan fingerprint density at radius 1 is 1.48 bits per heavy atom. The monoisotopic (exact) mass is 418 g/mol. The zero-order chi connectivity index (χ0) is 17.0. The first-order valence-corrected chi connectivity index (χ1v) is 8.10. The fourth-order valence-corrected chi connectivity index (χ4v) is 2.54. The third-order valence-electron chi connectivity index (χ3n) is 3.02. The van der Waals surface area contributed by atoms with Gasteiger partial charge in [0.1, 0.15) is 0 Å². The Morgan fingerprint density at radius 2 is 2.22 bits per heavy atom. The van der Waals surface area contributed by atoms with Gasteiger partial charge in [-0.15, -0.1) is 0 Å². The number of nitrogens with zero attached hydrogens (tertiary/aromatic N) is 3. The van der Waals surface area contributed by atoms with Gasteiger partial charge in [-0.1, -0.05) is 28.4 Å². The van der Waals surface area contributed by atoms with E-state index in [1.54, 1.807) is 23.0 Å². The Balaban J connectivity index is 1.93. The lowest BCUT2D eigenvalue weighted by Crippen LogP contribution is -2.16. The number of carbonyl (C=O) groups excluding carboxylic acids is 1. The van der Waals surface area contributed by atoms with Crippen LogP contribution in [0.3, 0.4) is 0 Å².